The van der Waals surface area contributed by atoms with Gasteiger partial charge in [0.05, 0.1) is 44.6 Å². The molecule has 0 radical (unpaired) electrons. The van der Waals surface area contributed by atoms with Crippen molar-refractivity contribution in [2.75, 3.05) is 0 Å². The van der Waals surface area contributed by atoms with Crippen molar-refractivity contribution in [3.63, 3.8) is 0 Å². The molecule has 0 N–H and O–H groups in total. The summed E-state index contributed by atoms with van der Waals surface area (Å²) >= 11 is 0. The van der Waals surface area contributed by atoms with Gasteiger partial charge in [-0.1, -0.05) is 36.4 Å². The first-order chi connectivity index (χ1) is 21.2. The molecule has 0 aliphatic carbocycles. The fraction of sp³-hybridized carbons (Fsp3) is 0.500. The molecule has 7 nitrogen and oxygen atoms in total. The first-order valence-electron chi connectivity index (χ1n) is 16.5. The van der Waals surface area contributed by atoms with E-state index in [1.807, 2.05) is 0 Å². The molecule has 3 aromatic carbocycles. The lowest BCUT2D eigenvalue weighted by molar-refractivity contribution is 0.00578. The van der Waals surface area contributed by atoms with Crippen molar-refractivity contribution in [2.24, 2.45) is 0 Å². The molecule has 0 amide bonds. The van der Waals surface area contributed by atoms with Crippen molar-refractivity contribution in [1.29, 1.82) is 0 Å². The van der Waals surface area contributed by atoms with Crippen LogP contribution in [0, 0.1) is 0 Å². The number of hydrogen-bond donors (Lipinski definition) is 0. The Bertz CT molecular complexity index is 1700. The van der Waals surface area contributed by atoms with Crippen molar-refractivity contribution >= 4 is 59.5 Å². The number of hydrogen-bond acceptors (Lipinski definition) is 6. The average Bonchev–Trinajstić information content (AvgIpc) is 3.55. The van der Waals surface area contributed by atoms with Gasteiger partial charge in [-0.15, -0.1) is 0 Å². The third kappa shape index (κ3) is 4.82. The Hall–Kier alpha value is -2.59. The Morgan fingerprint density at radius 3 is 1.00 bits per heavy atom. The van der Waals surface area contributed by atoms with Crippen molar-refractivity contribution in [1.82, 2.24) is 4.57 Å². The largest absolute Gasteiger partial charge is 0.494 e. The van der Waals surface area contributed by atoms with Crippen LogP contribution in [-0.2, 0) is 27.9 Å². The molecule has 3 saturated heterocycles. The highest BCUT2D eigenvalue weighted by Crippen LogP contribution is 2.40. The number of nitrogens with zero attached hydrogens (tertiary/aromatic N) is 1. The van der Waals surface area contributed by atoms with E-state index in [-0.39, 0.29) is 0 Å². The normalized spacial score (nSPS) is 24.0. The number of rotatable bonds is 4. The summed E-state index contributed by atoms with van der Waals surface area (Å²) in [5, 5.41) is 2.21. The lowest BCUT2D eigenvalue weighted by atomic mass is 9.77. The van der Waals surface area contributed by atoms with E-state index in [4.69, 9.17) is 27.9 Å². The molecular formula is C36H46B3NO6. The first-order valence-corrected chi connectivity index (χ1v) is 16.5. The van der Waals surface area contributed by atoms with Crippen LogP contribution in [0.3, 0.4) is 0 Å². The van der Waals surface area contributed by atoms with Gasteiger partial charge in [0.1, 0.15) is 0 Å². The predicted molar refractivity (Wildman–Crippen MR) is 188 cm³/mol. The molecule has 1 aromatic heterocycles. The minimum atomic E-state index is -0.460. The summed E-state index contributed by atoms with van der Waals surface area (Å²) in [6, 6.07) is 21.5. The zero-order valence-corrected chi connectivity index (χ0v) is 29.4. The molecule has 0 spiro atoms. The lowest BCUT2D eigenvalue weighted by Gasteiger charge is -2.32. The van der Waals surface area contributed by atoms with E-state index in [1.165, 1.54) is 0 Å². The van der Waals surface area contributed by atoms with Gasteiger partial charge < -0.3 is 32.5 Å². The van der Waals surface area contributed by atoms with E-state index >= 15 is 0 Å². The predicted octanol–water partition coefficient (Wildman–Crippen LogP) is 5.68. The maximum absolute atomic E-state index is 6.45. The van der Waals surface area contributed by atoms with Crippen LogP contribution in [0.4, 0.5) is 0 Å². The Labute approximate surface area is 274 Å². The third-order valence-electron chi connectivity index (χ3n) is 11.5. The highest BCUT2D eigenvalue weighted by molar-refractivity contribution is 6.63. The molecule has 0 atom stereocenters. The summed E-state index contributed by atoms with van der Waals surface area (Å²) in [7, 11) is -1.33. The van der Waals surface area contributed by atoms with Gasteiger partial charge >= 0.3 is 21.4 Å². The topological polar surface area (TPSA) is 60.3 Å². The second-order valence-corrected chi connectivity index (χ2v) is 16.2. The second-order valence-electron chi connectivity index (χ2n) is 16.2. The van der Waals surface area contributed by atoms with Gasteiger partial charge in [0.15, 0.2) is 0 Å². The molecule has 4 aromatic rings. The molecule has 240 valence electrons. The SMILES string of the molecule is CC1(C)OB(c2ccc(-n3c4ccc(B5OC(C)(C)C(C)(C)O5)cc4c4cc(B5OC(C)(C)C(C)(C)O5)ccc43)cc2)OC1(C)C. The summed E-state index contributed by atoms with van der Waals surface area (Å²) in [5.74, 6) is 0. The molecule has 46 heavy (non-hydrogen) atoms. The van der Waals surface area contributed by atoms with Gasteiger partial charge in [-0.25, -0.2) is 0 Å². The maximum atomic E-state index is 6.45. The minimum absolute atomic E-state index is 0.396. The summed E-state index contributed by atoms with van der Waals surface area (Å²) in [6.45, 7) is 25.0. The highest BCUT2D eigenvalue weighted by Gasteiger charge is 2.54. The number of benzene rings is 3. The number of fused-ring (bicyclic) bond motifs is 3. The molecule has 3 fully saturated rings. The van der Waals surface area contributed by atoms with Gasteiger partial charge in [-0.2, -0.15) is 0 Å². The van der Waals surface area contributed by atoms with Gasteiger partial charge in [-0.05, 0) is 124 Å². The lowest BCUT2D eigenvalue weighted by Crippen LogP contribution is -2.41. The van der Waals surface area contributed by atoms with Gasteiger partial charge in [0.2, 0.25) is 0 Å². The summed E-state index contributed by atoms with van der Waals surface area (Å²) in [6.07, 6.45) is 0. The van der Waals surface area contributed by atoms with E-state index in [0.717, 1.165) is 43.9 Å². The van der Waals surface area contributed by atoms with E-state index in [2.05, 4.69) is 148 Å². The molecule has 0 saturated carbocycles. The van der Waals surface area contributed by atoms with Crippen LogP contribution >= 0.6 is 0 Å². The van der Waals surface area contributed by atoms with Crippen LogP contribution in [-0.4, -0.2) is 59.5 Å². The molecule has 0 unspecified atom stereocenters. The van der Waals surface area contributed by atoms with Crippen LogP contribution in [0.1, 0.15) is 83.1 Å². The fourth-order valence-electron chi connectivity index (χ4n) is 6.35. The maximum Gasteiger partial charge on any atom is 0.494 e. The quantitative estimate of drug-likeness (QED) is 0.274. The van der Waals surface area contributed by atoms with Gasteiger partial charge in [-0.3, -0.25) is 0 Å². The van der Waals surface area contributed by atoms with E-state index in [1.54, 1.807) is 0 Å². The molecule has 3 aliphatic heterocycles. The Morgan fingerprint density at radius 2 is 0.674 bits per heavy atom. The standard InChI is InChI=1S/C36H46B3NO6/c1-31(2)32(3,4)42-37(41-31)23-13-17-26(18-14-23)40-29-19-15-24(38-43-33(5,6)34(7,8)44-38)21-27(29)28-22-25(16-20-30(28)40)39-45-35(9,10)36(11,12)46-39/h13-22H,1-12H3. The van der Waals surface area contributed by atoms with Crippen LogP contribution in [0.2, 0.25) is 0 Å². The average molecular weight is 621 g/mol. The minimum Gasteiger partial charge on any atom is -0.399 e. The Balaban J connectivity index is 1.33. The summed E-state index contributed by atoms with van der Waals surface area (Å²) < 4.78 is 40.8. The number of aromatic nitrogens is 1. The molecule has 0 bridgehead atoms. The molecule has 3 aliphatic rings. The Kier molecular flexibility index (Phi) is 6.93. The second kappa shape index (κ2) is 9.97. The van der Waals surface area contributed by atoms with Crippen LogP contribution in [0.25, 0.3) is 27.5 Å². The zero-order valence-electron chi connectivity index (χ0n) is 29.4. The van der Waals surface area contributed by atoms with Crippen molar-refractivity contribution < 1.29 is 27.9 Å². The van der Waals surface area contributed by atoms with E-state index < -0.39 is 55.0 Å². The van der Waals surface area contributed by atoms with Crippen LogP contribution < -0.4 is 16.4 Å². The highest BCUT2D eigenvalue weighted by atomic mass is 16.7. The van der Waals surface area contributed by atoms with Crippen molar-refractivity contribution in [3.05, 3.63) is 60.7 Å². The van der Waals surface area contributed by atoms with E-state index in [0.29, 0.717) is 0 Å². The molecule has 4 heterocycles. The van der Waals surface area contributed by atoms with Crippen LogP contribution in [0.5, 0.6) is 0 Å². The monoisotopic (exact) mass is 621 g/mol. The third-order valence-corrected chi connectivity index (χ3v) is 11.5. The molecule has 7 rings (SSSR count). The fourth-order valence-corrected chi connectivity index (χ4v) is 6.35. The van der Waals surface area contributed by atoms with Gasteiger partial charge in [0, 0.05) is 16.5 Å². The molecule has 10 heteroatoms. The summed E-state index contributed by atoms with van der Waals surface area (Å²) in [5.41, 5.74) is 3.69. The van der Waals surface area contributed by atoms with Crippen molar-refractivity contribution in [3.8, 4) is 5.69 Å². The summed E-state index contributed by atoms with van der Waals surface area (Å²) in [4.78, 5) is 0. The van der Waals surface area contributed by atoms with E-state index in [9.17, 15) is 0 Å². The molecular weight excluding hydrogens is 575 g/mol. The van der Waals surface area contributed by atoms with Gasteiger partial charge in [0.25, 0.3) is 0 Å². The first kappa shape index (κ1) is 32.0. The zero-order chi connectivity index (χ0) is 33.2. The smallest absolute Gasteiger partial charge is 0.399 e. The van der Waals surface area contributed by atoms with Crippen LogP contribution in [0.15, 0.2) is 60.7 Å². The van der Waals surface area contributed by atoms with Crippen molar-refractivity contribution in [2.45, 2.75) is 117 Å². The Morgan fingerprint density at radius 1 is 0.391 bits per heavy atom.